The molecule has 0 heterocycles. The van der Waals surface area contributed by atoms with E-state index in [0.29, 0.717) is 12.1 Å². The summed E-state index contributed by atoms with van der Waals surface area (Å²) in [5.41, 5.74) is 1.51. The standard InChI is InChI=1S/C17H27NO2/c1-12(2)20-14-8-6-13(7-9-14)11-18-15-10-16(19-5)17(15,3)4/h6-9,12,15-16,18H,10-11H2,1-5H3. The lowest BCUT2D eigenvalue weighted by Crippen LogP contribution is -2.60. The van der Waals surface area contributed by atoms with Crippen molar-refractivity contribution in [3.8, 4) is 5.75 Å². The van der Waals surface area contributed by atoms with Crippen molar-refractivity contribution in [2.75, 3.05) is 7.11 Å². The topological polar surface area (TPSA) is 30.5 Å². The second kappa shape index (κ2) is 6.15. The average molecular weight is 277 g/mol. The van der Waals surface area contributed by atoms with Crippen LogP contribution >= 0.6 is 0 Å². The Morgan fingerprint density at radius 1 is 1.25 bits per heavy atom. The van der Waals surface area contributed by atoms with Gasteiger partial charge in [-0.3, -0.25) is 0 Å². The van der Waals surface area contributed by atoms with Crippen molar-refractivity contribution >= 4 is 0 Å². The number of methoxy groups -OCH3 is 1. The van der Waals surface area contributed by atoms with E-state index in [4.69, 9.17) is 9.47 Å². The molecule has 1 aromatic rings. The molecule has 1 aliphatic rings. The summed E-state index contributed by atoms with van der Waals surface area (Å²) < 4.78 is 11.1. The molecule has 0 aromatic heterocycles. The van der Waals surface area contributed by atoms with Gasteiger partial charge in [0.25, 0.3) is 0 Å². The van der Waals surface area contributed by atoms with Crippen molar-refractivity contribution in [2.24, 2.45) is 5.41 Å². The molecule has 2 unspecified atom stereocenters. The maximum Gasteiger partial charge on any atom is 0.119 e. The van der Waals surface area contributed by atoms with Gasteiger partial charge in [0.2, 0.25) is 0 Å². The maximum atomic E-state index is 5.65. The third-order valence-corrected chi connectivity index (χ3v) is 4.31. The van der Waals surface area contributed by atoms with E-state index in [0.717, 1.165) is 18.7 Å². The first kappa shape index (κ1) is 15.3. The lowest BCUT2D eigenvalue weighted by molar-refractivity contribution is -0.0979. The molecule has 0 saturated heterocycles. The Hall–Kier alpha value is -1.06. The van der Waals surface area contributed by atoms with Crippen LogP contribution in [0.2, 0.25) is 0 Å². The molecule has 0 spiro atoms. The SMILES string of the molecule is COC1CC(NCc2ccc(OC(C)C)cc2)C1(C)C. The molecule has 0 amide bonds. The molecule has 3 heteroatoms. The number of rotatable bonds is 6. The fourth-order valence-corrected chi connectivity index (χ4v) is 2.83. The predicted molar refractivity (Wildman–Crippen MR) is 82.0 cm³/mol. The zero-order valence-electron chi connectivity index (χ0n) is 13.3. The van der Waals surface area contributed by atoms with Gasteiger partial charge in [-0.15, -0.1) is 0 Å². The summed E-state index contributed by atoms with van der Waals surface area (Å²) in [6.45, 7) is 9.51. The van der Waals surface area contributed by atoms with Gasteiger partial charge >= 0.3 is 0 Å². The zero-order valence-corrected chi connectivity index (χ0v) is 13.3. The van der Waals surface area contributed by atoms with Gasteiger partial charge in [0, 0.05) is 25.1 Å². The second-order valence-corrected chi connectivity index (χ2v) is 6.53. The van der Waals surface area contributed by atoms with Crippen LogP contribution < -0.4 is 10.1 Å². The summed E-state index contributed by atoms with van der Waals surface area (Å²) in [6, 6.07) is 8.87. The van der Waals surface area contributed by atoms with Gasteiger partial charge in [0.1, 0.15) is 5.75 Å². The van der Waals surface area contributed by atoms with Gasteiger partial charge < -0.3 is 14.8 Å². The highest BCUT2D eigenvalue weighted by atomic mass is 16.5. The van der Waals surface area contributed by atoms with E-state index in [1.807, 2.05) is 26.0 Å². The molecule has 2 atom stereocenters. The van der Waals surface area contributed by atoms with Crippen LogP contribution in [-0.4, -0.2) is 25.4 Å². The first-order valence-electron chi connectivity index (χ1n) is 7.45. The van der Waals surface area contributed by atoms with Crippen molar-refractivity contribution < 1.29 is 9.47 Å². The van der Waals surface area contributed by atoms with E-state index < -0.39 is 0 Å². The largest absolute Gasteiger partial charge is 0.491 e. The third kappa shape index (κ3) is 3.33. The summed E-state index contributed by atoms with van der Waals surface area (Å²) in [7, 11) is 1.80. The lowest BCUT2D eigenvalue weighted by atomic mass is 9.64. The minimum Gasteiger partial charge on any atom is -0.491 e. The van der Waals surface area contributed by atoms with Gasteiger partial charge in [0.05, 0.1) is 12.2 Å². The van der Waals surface area contributed by atoms with Crippen LogP contribution in [0.4, 0.5) is 0 Å². The van der Waals surface area contributed by atoms with Gasteiger partial charge in [-0.1, -0.05) is 26.0 Å². The van der Waals surface area contributed by atoms with Crippen LogP contribution in [0.3, 0.4) is 0 Å². The maximum absolute atomic E-state index is 5.65. The molecule has 1 aromatic carbocycles. The molecule has 0 aliphatic heterocycles. The van der Waals surface area contributed by atoms with Crippen LogP contribution in [0, 0.1) is 5.41 Å². The van der Waals surface area contributed by atoms with E-state index >= 15 is 0 Å². The molecule has 2 rings (SSSR count). The zero-order chi connectivity index (χ0) is 14.8. The number of nitrogens with one attached hydrogen (secondary N) is 1. The number of hydrogen-bond donors (Lipinski definition) is 1. The van der Waals surface area contributed by atoms with E-state index in [2.05, 4.69) is 31.3 Å². The molecular weight excluding hydrogens is 250 g/mol. The number of hydrogen-bond acceptors (Lipinski definition) is 3. The van der Waals surface area contributed by atoms with Gasteiger partial charge in [-0.2, -0.15) is 0 Å². The van der Waals surface area contributed by atoms with Crippen molar-refractivity contribution in [3.05, 3.63) is 29.8 Å². The first-order chi connectivity index (χ1) is 9.43. The molecule has 3 nitrogen and oxygen atoms in total. The van der Waals surface area contributed by atoms with E-state index in [-0.39, 0.29) is 11.5 Å². The predicted octanol–water partition coefficient (Wildman–Crippen LogP) is 3.38. The Labute approximate surface area is 122 Å². The van der Waals surface area contributed by atoms with Crippen molar-refractivity contribution in [3.63, 3.8) is 0 Å². The monoisotopic (exact) mass is 277 g/mol. The van der Waals surface area contributed by atoms with Crippen LogP contribution in [0.5, 0.6) is 5.75 Å². The normalized spacial score (nSPS) is 24.5. The Morgan fingerprint density at radius 3 is 2.40 bits per heavy atom. The fourth-order valence-electron chi connectivity index (χ4n) is 2.83. The molecule has 1 saturated carbocycles. The third-order valence-electron chi connectivity index (χ3n) is 4.31. The van der Waals surface area contributed by atoms with Gasteiger partial charge in [-0.05, 0) is 38.0 Å². The first-order valence-corrected chi connectivity index (χ1v) is 7.45. The van der Waals surface area contributed by atoms with Crippen molar-refractivity contribution in [1.82, 2.24) is 5.32 Å². The van der Waals surface area contributed by atoms with Crippen LogP contribution in [0.25, 0.3) is 0 Å². The van der Waals surface area contributed by atoms with E-state index in [9.17, 15) is 0 Å². The average Bonchev–Trinajstić information content (AvgIpc) is 2.39. The molecule has 1 aliphatic carbocycles. The van der Waals surface area contributed by atoms with E-state index in [1.54, 1.807) is 7.11 Å². The van der Waals surface area contributed by atoms with E-state index in [1.165, 1.54) is 5.56 Å². The van der Waals surface area contributed by atoms with Crippen LogP contribution in [0.15, 0.2) is 24.3 Å². The Morgan fingerprint density at radius 2 is 1.90 bits per heavy atom. The Balaban J connectivity index is 1.83. The quantitative estimate of drug-likeness (QED) is 0.864. The van der Waals surface area contributed by atoms with Gasteiger partial charge in [-0.25, -0.2) is 0 Å². The molecule has 20 heavy (non-hydrogen) atoms. The minimum atomic E-state index is 0.218. The summed E-state index contributed by atoms with van der Waals surface area (Å²) in [4.78, 5) is 0. The molecule has 0 radical (unpaired) electrons. The minimum absolute atomic E-state index is 0.218. The summed E-state index contributed by atoms with van der Waals surface area (Å²) in [6.07, 6.45) is 1.69. The Bertz CT molecular complexity index is 425. The smallest absolute Gasteiger partial charge is 0.119 e. The number of ether oxygens (including phenoxy) is 2. The van der Waals surface area contributed by atoms with Crippen LogP contribution in [-0.2, 0) is 11.3 Å². The molecule has 0 bridgehead atoms. The van der Waals surface area contributed by atoms with Gasteiger partial charge in [0.15, 0.2) is 0 Å². The molecule has 112 valence electrons. The lowest BCUT2D eigenvalue weighted by Gasteiger charge is -2.51. The second-order valence-electron chi connectivity index (χ2n) is 6.53. The van der Waals surface area contributed by atoms with Crippen molar-refractivity contribution in [1.29, 1.82) is 0 Å². The fraction of sp³-hybridized carbons (Fsp3) is 0.647. The highest BCUT2D eigenvalue weighted by molar-refractivity contribution is 5.27. The Kier molecular flexibility index (Phi) is 4.71. The molecule has 1 N–H and O–H groups in total. The molecular formula is C17H27NO2. The van der Waals surface area contributed by atoms with Crippen LogP contribution in [0.1, 0.15) is 39.7 Å². The molecule has 1 fully saturated rings. The summed E-state index contributed by atoms with van der Waals surface area (Å²) >= 11 is 0. The van der Waals surface area contributed by atoms with Crippen molar-refractivity contribution in [2.45, 2.75) is 58.9 Å². The number of benzene rings is 1. The highest BCUT2D eigenvalue weighted by Crippen LogP contribution is 2.42. The highest BCUT2D eigenvalue weighted by Gasteiger charge is 2.48. The summed E-state index contributed by atoms with van der Waals surface area (Å²) in [5, 5.41) is 3.63. The summed E-state index contributed by atoms with van der Waals surface area (Å²) in [5.74, 6) is 0.937.